The summed E-state index contributed by atoms with van der Waals surface area (Å²) in [4.78, 5) is 14.2. The highest BCUT2D eigenvalue weighted by Crippen LogP contribution is 2.25. The molecule has 0 bridgehead atoms. The van der Waals surface area contributed by atoms with Crippen molar-refractivity contribution in [1.82, 2.24) is 4.90 Å². The zero-order valence-electron chi connectivity index (χ0n) is 11.5. The summed E-state index contributed by atoms with van der Waals surface area (Å²) in [5.41, 5.74) is 5.91. The lowest BCUT2D eigenvalue weighted by atomic mass is 9.92. The highest BCUT2D eigenvalue weighted by molar-refractivity contribution is 7.92. The molecule has 0 spiro atoms. The van der Waals surface area contributed by atoms with Crippen molar-refractivity contribution in [3.63, 3.8) is 0 Å². The molecule has 0 saturated carbocycles. The smallest absolute Gasteiger partial charge is 0.240 e. The molecule has 3 unspecified atom stereocenters. The number of likely N-dealkylation sites (tertiary alicyclic amines) is 1. The average molecular weight is 288 g/mol. The van der Waals surface area contributed by atoms with Gasteiger partial charge >= 0.3 is 0 Å². The Morgan fingerprint density at radius 2 is 2.00 bits per heavy atom. The number of nitrogens with two attached hydrogens (primary N) is 1. The van der Waals surface area contributed by atoms with Crippen molar-refractivity contribution in [3.05, 3.63) is 0 Å². The van der Waals surface area contributed by atoms with E-state index in [-0.39, 0.29) is 17.7 Å². The summed E-state index contributed by atoms with van der Waals surface area (Å²) in [6, 6.07) is 0.0542. The maximum Gasteiger partial charge on any atom is 0.240 e. The number of hydrogen-bond donors (Lipinski definition) is 1. The number of amides is 1. The first-order valence-corrected chi connectivity index (χ1v) is 8.89. The van der Waals surface area contributed by atoms with Crippen LogP contribution in [0.4, 0.5) is 0 Å². The predicted octanol–water partition coefficient (Wildman–Crippen LogP) is 0.540. The second kappa shape index (κ2) is 5.79. The molecule has 2 heterocycles. The van der Waals surface area contributed by atoms with E-state index in [0.717, 1.165) is 19.3 Å². The summed E-state index contributed by atoms with van der Waals surface area (Å²) in [6.07, 6.45) is 3.96. The van der Waals surface area contributed by atoms with Crippen molar-refractivity contribution in [3.8, 4) is 0 Å². The Balaban J connectivity index is 2.06. The van der Waals surface area contributed by atoms with Crippen molar-refractivity contribution in [2.45, 2.75) is 50.3 Å². The first-order valence-electron chi connectivity index (χ1n) is 7.18. The lowest BCUT2D eigenvalue weighted by molar-refractivity contribution is -0.132. The van der Waals surface area contributed by atoms with Gasteiger partial charge in [0.2, 0.25) is 5.91 Å². The quantitative estimate of drug-likeness (QED) is 0.804. The molecule has 0 aromatic heterocycles. The number of hydrogen-bond acceptors (Lipinski definition) is 4. The van der Waals surface area contributed by atoms with Gasteiger partial charge in [-0.25, -0.2) is 8.42 Å². The largest absolute Gasteiger partial charge is 0.341 e. The molecule has 2 aliphatic heterocycles. The number of nitrogens with zero attached hydrogens (tertiary/aromatic N) is 1. The number of carbonyl (C=O) groups excluding carboxylic acids is 1. The summed E-state index contributed by atoms with van der Waals surface area (Å²) < 4.78 is 24.0. The van der Waals surface area contributed by atoms with Gasteiger partial charge in [-0.2, -0.15) is 0 Å². The van der Waals surface area contributed by atoms with Gasteiger partial charge in [0.25, 0.3) is 0 Å². The second-order valence-electron chi connectivity index (χ2n) is 5.90. The molecular weight excluding hydrogens is 264 g/mol. The molecule has 0 aliphatic carbocycles. The molecule has 6 heteroatoms. The monoisotopic (exact) mass is 288 g/mol. The highest BCUT2D eigenvalue weighted by atomic mass is 32.2. The fourth-order valence-corrected chi connectivity index (χ4v) is 4.95. The summed E-state index contributed by atoms with van der Waals surface area (Å²) in [6.45, 7) is 3.24. The summed E-state index contributed by atoms with van der Waals surface area (Å²) in [5.74, 6) is 0.266. The lowest BCUT2D eigenvalue weighted by Crippen LogP contribution is -2.51. The molecular formula is C13H24N2O3S. The van der Waals surface area contributed by atoms with Crippen LogP contribution in [0.2, 0.25) is 0 Å². The highest BCUT2D eigenvalue weighted by Gasteiger charge is 2.38. The zero-order valence-corrected chi connectivity index (χ0v) is 12.4. The van der Waals surface area contributed by atoms with Gasteiger partial charge in [0.05, 0.1) is 5.75 Å². The summed E-state index contributed by atoms with van der Waals surface area (Å²) in [7, 11) is -3.23. The number of rotatable bonds is 2. The SMILES string of the molecule is CC(N)C1CCCN(C(=O)C2CCCCS2(=O)=O)C1. The molecule has 19 heavy (non-hydrogen) atoms. The molecule has 5 nitrogen and oxygen atoms in total. The first-order chi connectivity index (χ1) is 8.92. The van der Waals surface area contributed by atoms with Crippen LogP contribution in [0.25, 0.3) is 0 Å². The van der Waals surface area contributed by atoms with Gasteiger partial charge in [0, 0.05) is 19.1 Å². The van der Waals surface area contributed by atoms with Crippen molar-refractivity contribution in [1.29, 1.82) is 0 Å². The van der Waals surface area contributed by atoms with Gasteiger partial charge in [0.15, 0.2) is 9.84 Å². The predicted molar refractivity (Wildman–Crippen MR) is 74.4 cm³/mol. The second-order valence-corrected chi connectivity index (χ2v) is 8.20. The maximum atomic E-state index is 12.4. The van der Waals surface area contributed by atoms with Crippen LogP contribution in [-0.2, 0) is 14.6 Å². The average Bonchev–Trinajstić information content (AvgIpc) is 2.37. The van der Waals surface area contributed by atoms with E-state index in [1.165, 1.54) is 0 Å². The van der Waals surface area contributed by atoms with E-state index in [1.807, 2.05) is 6.92 Å². The Kier molecular flexibility index (Phi) is 4.50. The third kappa shape index (κ3) is 3.28. The minimum Gasteiger partial charge on any atom is -0.341 e. The van der Waals surface area contributed by atoms with E-state index in [1.54, 1.807) is 4.90 Å². The molecule has 3 atom stereocenters. The molecule has 0 aromatic rings. The standard InChI is InChI=1S/C13H24N2O3S/c1-10(14)11-5-4-7-15(9-11)13(16)12-6-2-3-8-19(12,17)18/h10-12H,2-9,14H2,1H3. The van der Waals surface area contributed by atoms with Crippen molar-refractivity contribution >= 4 is 15.7 Å². The van der Waals surface area contributed by atoms with Crippen LogP contribution in [0, 0.1) is 5.92 Å². The van der Waals surface area contributed by atoms with Crippen molar-refractivity contribution < 1.29 is 13.2 Å². The molecule has 2 saturated heterocycles. The topological polar surface area (TPSA) is 80.5 Å². The van der Waals surface area contributed by atoms with E-state index in [0.29, 0.717) is 31.8 Å². The first kappa shape index (κ1) is 14.8. The molecule has 2 rings (SSSR count). The van der Waals surface area contributed by atoms with Crippen molar-refractivity contribution in [2.24, 2.45) is 11.7 Å². The lowest BCUT2D eigenvalue weighted by Gasteiger charge is -2.37. The molecule has 2 fully saturated rings. The van der Waals surface area contributed by atoms with Crippen LogP contribution in [0.5, 0.6) is 0 Å². The van der Waals surface area contributed by atoms with E-state index in [2.05, 4.69) is 0 Å². The van der Waals surface area contributed by atoms with E-state index >= 15 is 0 Å². The Labute approximate surface area is 115 Å². The van der Waals surface area contributed by atoms with Crippen LogP contribution in [0.15, 0.2) is 0 Å². The Bertz CT molecular complexity index is 433. The van der Waals surface area contributed by atoms with E-state index in [9.17, 15) is 13.2 Å². The molecule has 2 N–H and O–H groups in total. The van der Waals surface area contributed by atoms with Gasteiger partial charge < -0.3 is 10.6 Å². The fraction of sp³-hybridized carbons (Fsp3) is 0.923. The van der Waals surface area contributed by atoms with E-state index in [4.69, 9.17) is 5.73 Å². The van der Waals surface area contributed by atoms with Crippen LogP contribution < -0.4 is 5.73 Å². The third-order valence-corrected chi connectivity index (χ3v) is 6.53. The Morgan fingerprint density at radius 1 is 1.26 bits per heavy atom. The van der Waals surface area contributed by atoms with Crippen LogP contribution in [0.3, 0.4) is 0 Å². The van der Waals surface area contributed by atoms with Crippen LogP contribution in [0.1, 0.15) is 39.0 Å². The maximum absolute atomic E-state index is 12.4. The molecule has 1 amide bonds. The van der Waals surface area contributed by atoms with Gasteiger partial charge in [-0.15, -0.1) is 0 Å². The fourth-order valence-electron chi connectivity index (χ4n) is 3.07. The van der Waals surface area contributed by atoms with E-state index < -0.39 is 15.1 Å². The van der Waals surface area contributed by atoms with Crippen LogP contribution in [-0.4, -0.2) is 49.4 Å². The van der Waals surface area contributed by atoms with Gasteiger partial charge in [-0.1, -0.05) is 6.42 Å². The number of carbonyl (C=O) groups is 1. The number of sulfone groups is 1. The zero-order chi connectivity index (χ0) is 14.0. The summed E-state index contributed by atoms with van der Waals surface area (Å²) >= 11 is 0. The third-order valence-electron chi connectivity index (χ3n) is 4.37. The van der Waals surface area contributed by atoms with Gasteiger partial charge in [-0.3, -0.25) is 4.79 Å². The van der Waals surface area contributed by atoms with Gasteiger partial charge in [0.1, 0.15) is 5.25 Å². The van der Waals surface area contributed by atoms with Crippen LogP contribution >= 0.6 is 0 Å². The normalized spacial score (nSPS) is 32.8. The van der Waals surface area contributed by atoms with Gasteiger partial charge in [-0.05, 0) is 38.5 Å². The minimum atomic E-state index is -3.23. The molecule has 110 valence electrons. The molecule has 0 radical (unpaired) electrons. The summed E-state index contributed by atoms with van der Waals surface area (Å²) in [5, 5.41) is -0.798. The van der Waals surface area contributed by atoms with Crippen molar-refractivity contribution in [2.75, 3.05) is 18.8 Å². The minimum absolute atomic E-state index is 0.0542. The Hall–Kier alpha value is -0.620. The molecule has 0 aromatic carbocycles. The molecule has 2 aliphatic rings. The Morgan fingerprint density at radius 3 is 2.63 bits per heavy atom. The number of piperidine rings is 1.